The fourth-order valence-corrected chi connectivity index (χ4v) is 3.68. The molecule has 0 bridgehead atoms. The number of hydrogen-bond acceptors (Lipinski definition) is 5. The molecule has 0 unspecified atom stereocenters. The molecule has 0 saturated heterocycles. The molecule has 7 heteroatoms. The van der Waals surface area contributed by atoms with E-state index >= 15 is 0 Å². The number of aryl methyl sites for hydroxylation is 1. The molecule has 0 radical (unpaired) electrons. The number of furan rings is 1. The van der Waals surface area contributed by atoms with E-state index in [0.717, 1.165) is 29.4 Å². The summed E-state index contributed by atoms with van der Waals surface area (Å²) in [5, 5.41) is 0.794. The molecule has 0 spiro atoms. The Kier molecular flexibility index (Phi) is 3.91. The summed E-state index contributed by atoms with van der Waals surface area (Å²) in [4.78, 5) is 31.4. The Hall–Kier alpha value is -3.61. The van der Waals surface area contributed by atoms with Crippen LogP contribution in [0.2, 0.25) is 0 Å². The van der Waals surface area contributed by atoms with E-state index in [0.29, 0.717) is 28.5 Å². The van der Waals surface area contributed by atoms with E-state index < -0.39 is 0 Å². The molecule has 1 aliphatic carbocycles. The number of H-pyrrole nitrogens is 1. The predicted octanol–water partition coefficient (Wildman–Crippen LogP) is 4.09. The maximum atomic E-state index is 12.5. The second-order valence-corrected chi connectivity index (χ2v) is 7.36. The Labute approximate surface area is 165 Å². The van der Waals surface area contributed by atoms with Gasteiger partial charge in [0.05, 0.1) is 17.3 Å². The molecule has 1 saturated carbocycles. The Morgan fingerprint density at radius 1 is 1.17 bits per heavy atom. The fraction of sp³-hybridized carbons (Fsp3) is 0.227. The van der Waals surface area contributed by atoms with Gasteiger partial charge in [0.25, 0.3) is 5.56 Å². The van der Waals surface area contributed by atoms with Crippen LogP contribution >= 0.6 is 0 Å². The first-order chi connectivity index (χ1) is 14.0. The van der Waals surface area contributed by atoms with E-state index in [2.05, 4.69) is 9.97 Å². The molecule has 7 nitrogen and oxygen atoms in total. The first kappa shape index (κ1) is 17.5. The number of hydrogen-bond donors (Lipinski definition) is 1. The molecule has 1 aromatic carbocycles. The highest BCUT2D eigenvalue weighted by molar-refractivity contribution is 5.82. The Balaban J connectivity index is 1.59. The summed E-state index contributed by atoms with van der Waals surface area (Å²) in [5.74, 6) is 1.08. The van der Waals surface area contributed by atoms with Gasteiger partial charge in [0, 0.05) is 23.4 Å². The third kappa shape index (κ3) is 2.95. The standard InChI is InChI=1S/C22H19N3O4/c1-12-11-15(29-21-17-8-10-28-18(17)7-9-23-21)5-6-16(12)19-13(2)20(26)24-22(27)25(19)14-3-4-14/h5-11,14H,3-4H2,1-2H3,(H,24,26,27). The zero-order valence-electron chi connectivity index (χ0n) is 16.1. The van der Waals surface area contributed by atoms with E-state index in [1.807, 2.05) is 31.2 Å². The van der Waals surface area contributed by atoms with Gasteiger partial charge in [-0.25, -0.2) is 9.78 Å². The maximum absolute atomic E-state index is 12.5. The van der Waals surface area contributed by atoms with Gasteiger partial charge in [-0.15, -0.1) is 0 Å². The van der Waals surface area contributed by atoms with E-state index in [1.54, 1.807) is 30.0 Å². The third-order valence-electron chi connectivity index (χ3n) is 5.30. The van der Waals surface area contributed by atoms with Crippen molar-refractivity contribution in [3.63, 3.8) is 0 Å². The SMILES string of the molecule is Cc1cc(Oc2nccc3occc23)ccc1-c1c(C)c(=O)[nH]c(=O)n1C1CC1. The van der Waals surface area contributed by atoms with Crippen LogP contribution in [0.5, 0.6) is 11.6 Å². The first-order valence-corrected chi connectivity index (χ1v) is 9.49. The predicted molar refractivity (Wildman–Crippen MR) is 109 cm³/mol. The van der Waals surface area contributed by atoms with E-state index in [9.17, 15) is 9.59 Å². The molecule has 3 aromatic heterocycles. The van der Waals surface area contributed by atoms with E-state index in [1.165, 1.54) is 0 Å². The molecule has 0 amide bonds. The normalized spacial score (nSPS) is 13.7. The molecule has 146 valence electrons. The smallest absolute Gasteiger partial charge is 0.329 e. The lowest BCUT2D eigenvalue weighted by atomic mass is 10.0. The van der Waals surface area contributed by atoms with Crippen molar-refractivity contribution in [2.45, 2.75) is 32.7 Å². The topological polar surface area (TPSA) is 90.1 Å². The van der Waals surface area contributed by atoms with Gasteiger partial charge >= 0.3 is 5.69 Å². The van der Waals surface area contributed by atoms with E-state index in [-0.39, 0.29) is 17.3 Å². The van der Waals surface area contributed by atoms with Crippen LogP contribution in [-0.2, 0) is 0 Å². The van der Waals surface area contributed by atoms with Crippen LogP contribution < -0.4 is 16.0 Å². The zero-order chi connectivity index (χ0) is 20.1. The Morgan fingerprint density at radius 3 is 2.76 bits per heavy atom. The fourth-order valence-electron chi connectivity index (χ4n) is 3.68. The molecule has 29 heavy (non-hydrogen) atoms. The quantitative estimate of drug-likeness (QED) is 0.568. The second-order valence-electron chi connectivity index (χ2n) is 7.36. The van der Waals surface area contributed by atoms with Crippen LogP contribution in [0.25, 0.3) is 22.2 Å². The van der Waals surface area contributed by atoms with Crippen LogP contribution in [-0.4, -0.2) is 14.5 Å². The van der Waals surface area contributed by atoms with Crippen molar-refractivity contribution in [2.24, 2.45) is 0 Å². The lowest BCUT2D eigenvalue weighted by molar-refractivity contribution is 0.468. The van der Waals surface area contributed by atoms with Gasteiger partial charge in [-0.05, 0) is 62.6 Å². The van der Waals surface area contributed by atoms with Gasteiger partial charge in [-0.2, -0.15) is 0 Å². The number of benzene rings is 1. The van der Waals surface area contributed by atoms with Gasteiger partial charge in [-0.3, -0.25) is 14.3 Å². The van der Waals surface area contributed by atoms with Crippen molar-refractivity contribution in [3.05, 3.63) is 74.8 Å². The molecule has 0 aliphatic heterocycles. The van der Waals surface area contributed by atoms with Crippen LogP contribution in [0.3, 0.4) is 0 Å². The highest BCUT2D eigenvalue weighted by Crippen LogP contribution is 2.39. The maximum Gasteiger partial charge on any atom is 0.329 e. The number of pyridine rings is 1. The molecule has 1 aliphatic rings. The summed E-state index contributed by atoms with van der Waals surface area (Å²) in [6, 6.07) is 9.34. The molecule has 0 atom stereocenters. The van der Waals surface area contributed by atoms with Crippen molar-refractivity contribution >= 4 is 11.0 Å². The Morgan fingerprint density at radius 2 is 2.00 bits per heavy atom. The van der Waals surface area contributed by atoms with Crippen LogP contribution in [0.1, 0.15) is 30.0 Å². The molecular formula is C22H19N3O4. The molecular weight excluding hydrogens is 370 g/mol. The first-order valence-electron chi connectivity index (χ1n) is 9.49. The van der Waals surface area contributed by atoms with Crippen LogP contribution in [0.4, 0.5) is 0 Å². The van der Waals surface area contributed by atoms with E-state index in [4.69, 9.17) is 9.15 Å². The number of aromatic amines is 1. The van der Waals surface area contributed by atoms with Crippen LogP contribution in [0.15, 0.2) is 56.8 Å². The summed E-state index contributed by atoms with van der Waals surface area (Å²) >= 11 is 0. The van der Waals surface area contributed by atoms with Crippen molar-refractivity contribution in [3.8, 4) is 22.9 Å². The minimum atomic E-state index is -0.353. The van der Waals surface area contributed by atoms with Gasteiger partial charge in [-0.1, -0.05) is 0 Å². The van der Waals surface area contributed by atoms with Gasteiger partial charge in [0.1, 0.15) is 11.3 Å². The lowest BCUT2D eigenvalue weighted by Crippen LogP contribution is -2.32. The largest absolute Gasteiger partial charge is 0.464 e. The van der Waals surface area contributed by atoms with Gasteiger partial charge < -0.3 is 9.15 Å². The van der Waals surface area contributed by atoms with Crippen molar-refractivity contribution < 1.29 is 9.15 Å². The molecule has 3 heterocycles. The highest BCUT2D eigenvalue weighted by atomic mass is 16.5. The minimum Gasteiger partial charge on any atom is -0.464 e. The summed E-state index contributed by atoms with van der Waals surface area (Å²) in [6.07, 6.45) is 5.12. The number of aromatic nitrogens is 3. The number of nitrogens with one attached hydrogen (secondary N) is 1. The lowest BCUT2D eigenvalue weighted by Gasteiger charge is -2.17. The summed E-state index contributed by atoms with van der Waals surface area (Å²) in [5.41, 5.74) is 2.98. The molecule has 1 fully saturated rings. The van der Waals surface area contributed by atoms with Crippen molar-refractivity contribution in [1.82, 2.24) is 14.5 Å². The van der Waals surface area contributed by atoms with Crippen LogP contribution in [0, 0.1) is 13.8 Å². The van der Waals surface area contributed by atoms with Crippen molar-refractivity contribution in [1.29, 1.82) is 0 Å². The summed E-state index contributed by atoms with van der Waals surface area (Å²) in [7, 11) is 0. The average molecular weight is 389 g/mol. The Bertz CT molecular complexity index is 1360. The van der Waals surface area contributed by atoms with Gasteiger partial charge in [0.2, 0.25) is 5.88 Å². The zero-order valence-corrected chi connectivity index (χ0v) is 16.1. The number of fused-ring (bicyclic) bond motifs is 1. The minimum absolute atomic E-state index is 0.145. The number of ether oxygens (including phenoxy) is 1. The van der Waals surface area contributed by atoms with Gasteiger partial charge in [0.15, 0.2) is 0 Å². The molecule has 1 N–H and O–H groups in total. The molecule has 5 rings (SSSR count). The third-order valence-corrected chi connectivity index (χ3v) is 5.30. The monoisotopic (exact) mass is 389 g/mol. The second kappa shape index (κ2) is 6.48. The summed E-state index contributed by atoms with van der Waals surface area (Å²) in [6.45, 7) is 3.69. The highest BCUT2D eigenvalue weighted by Gasteiger charge is 2.29. The number of rotatable bonds is 4. The number of nitrogens with zero attached hydrogens (tertiary/aromatic N) is 2. The van der Waals surface area contributed by atoms with Crippen molar-refractivity contribution in [2.75, 3.05) is 0 Å². The summed E-state index contributed by atoms with van der Waals surface area (Å²) < 4.78 is 13.1. The molecule has 4 aromatic rings. The average Bonchev–Trinajstić information content (AvgIpc) is 3.40.